The van der Waals surface area contributed by atoms with Gasteiger partial charge in [0.2, 0.25) is 0 Å². The highest BCUT2D eigenvalue weighted by Crippen LogP contribution is 2.32. The molecule has 0 atom stereocenters. The molecule has 0 aliphatic carbocycles. The van der Waals surface area contributed by atoms with Gasteiger partial charge in [0.25, 0.3) is 16.8 Å². The van der Waals surface area contributed by atoms with E-state index in [-0.39, 0.29) is 26.1 Å². The summed E-state index contributed by atoms with van der Waals surface area (Å²) in [6.45, 7) is 15.9. The van der Waals surface area contributed by atoms with Gasteiger partial charge in [0.05, 0.1) is 38.8 Å². The lowest BCUT2D eigenvalue weighted by Crippen LogP contribution is -2.29. The van der Waals surface area contributed by atoms with Crippen molar-refractivity contribution in [1.29, 1.82) is 0 Å². The van der Waals surface area contributed by atoms with E-state index in [1.54, 1.807) is 96.1 Å². The molecule has 0 saturated heterocycles. The van der Waals surface area contributed by atoms with E-state index in [0.717, 1.165) is 22.3 Å². The zero-order valence-corrected chi connectivity index (χ0v) is 53.2. The standard InChI is InChI=1S/C23H22ClN3O3.C17H20N2O2.C11H13BrN2O4.C6H7BO2.C6H3Cl2NO.CH4.H2/c1-23(2,3)30-22(29)27-18-11-9-16(15-7-5-4-6-8-15)13-19(18)26-21(28)17-10-12-20(24)25-14-17;1-17(2,3)21-16(20)19-15-10-9-13(11-14(15)18)12-7-5-4-6-8-12;1-11(2,3)18-10(15)13-8-5-4-7(12)6-9(8)14(16)17;8-7(9)6-4-2-1-3-5-6;7-5-2-1-4(3-9-5)6(8)10;;/h4-14H,1-3H3,(H,26,28)(H,27,29);4-11H,18H2,1-3H3,(H,19,20);4-6H,1-3H3,(H,13,15);1-5,8-9H;1-3H;1H4;1H/i;;;;;;1+1. The number of nitrogens with two attached hydrogens (primary N) is 1. The van der Waals surface area contributed by atoms with Gasteiger partial charge in [-0.3, -0.25) is 35.7 Å². The predicted molar refractivity (Wildman–Crippen MR) is 360 cm³/mol. The fraction of sp³-hybridized carbons (Fsp3) is 0.203. The van der Waals surface area contributed by atoms with E-state index in [1.165, 1.54) is 42.7 Å². The number of benzene rings is 6. The summed E-state index contributed by atoms with van der Waals surface area (Å²) >= 11 is 19.5. The number of nitro benzene ring substituents is 1. The highest BCUT2D eigenvalue weighted by atomic mass is 79.9. The number of amides is 4. The van der Waals surface area contributed by atoms with Crippen LogP contribution in [0.2, 0.25) is 10.3 Å². The summed E-state index contributed by atoms with van der Waals surface area (Å²) < 4.78 is 16.1. The third-order valence-corrected chi connectivity index (χ3v) is 11.8. The maximum atomic E-state index is 12.7. The number of carbonyl (C=O) groups excluding carboxylic acids is 5. The SMILES string of the molecule is C.CC(C)(C)OC(=O)Nc1ccc(-c2ccccc2)cc1N.CC(C)(C)OC(=O)Nc1ccc(-c2ccccc2)cc1NC(=O)c1ccc(Cl)nc1.CC(C)(C)OC(=O)Nc1ccc(Br)cc1[N+](=O)[O-].O=C(Cl)c1ccc(Cl)nc1.OB(O)c1ccccc1.[2HH]. The molecule has 0 radical (unpaired) electrons. The summed E-state index contributed by atoms with van der Waals surface area (Å²) in [4.78, 5) is 76.5. The van der Waals surface area contributed by atoms with Gasteiger partial charge in [-0.25, -0.2) is 24.4 Å². The summed E-state index contributed by atoms with van der Waals surface area (Å²) in [6.07, 6.45) is 0.866. The van der Waals surface area contributed by atoms with Gasteiger partial charge in [-0.15, -0.1) is 0 Å². The molecule has 8 N–H and O–H groups in total. The van der Waals surface area contributed by atoms with E-state index in [4.69, 9.17) is 64.8 Å². The number of ether oxygens (including phenoxy) is 3. The van der Waals surface area contributed by atoms with Gasteiger partial charge >= 0.3 is 25.4 Å². The Labute approximate surface area is 542 Å². The summed E-state index contributed by atoms with van der Waals surface area (Å²) in [5.41, 5.74) is 11.1. The number of nitrogens with one attached hydrogen (secondary N) is 4. The van der Waals surface area contributed by atoms with Gasteiger partial charge in [-0.05, 0) is 162 Å². The zero-order valence-electron chi connectivity index (χ0n) is 49.3. The van der Waals surface area contributed by atoms with Crippen LogP contribution in [0.4, 0.5) is 48.5 Å². The number of aromatic nitrogens is 2. The molecular weight excluding hydrogens is 1270 g/mol. The Morgan fingerprint density at radius 2 is 0.944 bits per heavy atom. The fourth-order valence-electron chi connectivity index (χ4n) is 6.88. The van der Waals surface area contributed by atoms with Gasteiger partial charge in [0.15, 0.2) is 0 Å². The number of halogens is 4. The van der Waals surface area contributed by atoms with E-state index in [1.807, 2.05) is 106 Å². The maximum Gasteiger partial charge on any atom is 0.488 e. The van der Waals surface area contributed by atoms with Crippen molar-refractivity contribution in [2.45, 2.75) is 86.5 Å². The van der Waals surface area contributed by atoms with Crippen molar-refractivity contribution in [3.05, 3.63) is 218 Å². The summed E-state index contributed by atoms with van der Waals surface area (Å²) in [5, 5.41) is 38.7. The molecule has 8 rings (SSSR count). The molecule has 89 heavy (non-hydrogen) atoms. The average molecular weight is 1340 g/mol. The van der Waals surface area contributed by atoms with Crippen LogP contribution in [0.5, 0.6) is 0 Å². The molecule has 0 saturated carbocycles. The first-order chi connectivity index (χ1) is 41.2. The first-order valence-electron chi connectivity index (χ1n) is 26.5. The Kier molecular flexibility index (Phi) is 29.4. The molecule has 0 aliphatic rings. The molecule has 4 amide bonds. The van der Waals surface area contributed by atoms with Crippen molar-refractivity contribution >= 4 is 127 Å². The van der Waals surface area contributed by atoms with Crippen LogP contribution in [0.25, 0.3) is 22.3 Å². The Morgan fingerprint density at radius 1 is 0.539 bits per heavy atom. The second-order valence-corrected chi connectivity index (χ2v) is 23.4. The molecule has 2 aromatic heterocycles. The van der Waals surface area contributed by atoms with Crippen molar-refractivity contribution in [1.82, 2.24) is 9.97 Å². The lowest BCUT2D eigenvalue weighted by Gasteiger charge is -2.21. The normalized spacial score (nSPS) is 10.5. The molecule has 20 nitrogen and oxygen atoms in total. The van der Waals surface area contributed by atoms with Crippen molar-refractivity contribution in [3.8, 4) is 22.3 Å². The minimum absolute atomic E-state index is 0. The topological polar surface area (TPSA) is 297 Å². The zero-order chi connectivity index (χ0) is 65.4. The molecule has 2 heterocycles. The number of hydrogen-bond acceptors (Lipinski definition) is 15. The number of rotatable bonds is 10. The molecule has 0 fully saturated rings. The molecule has 0 aliphatic heterocycles. The first kappa shape index (κ1) is 74.4. The number of nitro groups is 1. The number of hydrogen-bond donors (Lipinski definition) is 7. The Bertz CT molecular complexity index is 3630. The van der Waals surface area contributed by atoms with Gasteiger partial charge in [0, 0.05) is 24.4 Å². The Balaban J connectivity index is 0.000000406. The van der Waals surface area contributed by atoms with Crippen molar-refractivity contribution in [2.24, 2.45) is 0 Å². The number of anilines is 5. The molecule has 6 aromatic carbocycles. The van der Waals surface area contributed by atoms with Crippen LogP contribution in [0.1, 0.15) is 91.9 Å². The average Bonchev–Trinajstić information content (AvgIpc) is 1.86. The lowest BCUT2D eigenvalue weighted by atomic mass is 9.81. The van der Waals surface area contributed by atoms with Crippen molar-refractivity contribution < 1.29 is 54.6 Å². The van der Waals surface area contributed by atoms with Crippen LogP contribution in [-0.4, -0.2) is 78.3 Å². The van der Waals surface area contributed by atoms with E-state index in [0.29, 0.717) is 54.1 Å². The van der Waals surface area contributed by atoms with Crippen LogP contribution < -0.4 is 32.5 Å². The predicted octanol–water partition coefficient (Wildman–Crippen LogP) is 16.4. The van der Waals surface area contributed by atoms with Gasteiger partial charge in [0.1, 0.15) is 32.8 Å². The number of pyridine rings is 2. The van der Waals surface area contributed by atoms with Crippen LogP contribution in [0.3, 0.4) is 0 Å². The summed E-state index contributed by atoms with van der Waals surface area (Å²) in [7, 11) is -1.34. The fourth-order valence-corrected chi connectivity index (χ4v) is 7.56. The minimum Gasteiger partial charge on any atom is -0.444 e. The molecule has 0 bridgehead atoms. The highest BCUT2D eigenvalue weighted by Gasteiger charge is 2.22. The van der Waals surface area contributed by atoms with Crippen LogP contribution in [0.15, 0.2) is 187 Å². The van der Waals surface area contributed by atoms with Gasteiger partial charge in [-0.1, -0.05) is 150 Å². The summed E-state index contributed by atoms with van der Waals surface area (Å²) in [5.74, 6) is -0.378. The van der Waals surface area contributed by atoms with E-state index in [2.05, 4.69) is 47.2 Å². The highest BCUT2D eigenvalue weighted by molar-refractivity contribution is 9.10. The molecule has 0 unspecified atom stereocenters. The van der Waals surface area contributed by atoms with E-state index in [9.17, 15) is 34.1 Å². The third kappa shape index (κ3) is 28.2. The summed E-state index contributed by atoms with van der Waals surface area (Å²) in [6, 6.07) is 49.7. The van der Waals surface area contributed by atoms with Crippen LogP contribution in [0, 0.1) is 10.1 Å². The Hall–Kier alpha value is -8.90. The van der Waals surface area contributed by atoms with Crippen LogP contribution >= 0.6 is 50.7 Å². The molecular formula is C64H71BBrCl3N8O12. The van der Waals surface area contributed by atoms with Gasteiger partial charge in [-0.2, -0.15) is 0 Å². The van der Waals surface area contributed by atoms with Crippen molar-refractivity contribution in [2.75, 3.05) is 27.0 Å². The number of nitrogens with zero attached hydrogens (tertiary/aromatic N) is 3. The van der Waals surface area contributed by atoms with E-state index >= 15 is 0 Å². The van der Waals surface area contributed by atoms with Crippen LogP contribution in [-0.2, 0) is 14.2 Å². The third-order valence-electron chi connectivity index (χ3n) is 10.6. The Morgan fingerprint density at radius 3 is 1.34 bits per heavy atom. The van der Waals surface area contributed by atoms with E-state index < -0.39 is 52.4 Å². The largest absolute Gasteiger partial charge is 0.488 e. The second-order valence-electron chi connectivity index (χ2n) is 21.3. The first-order valence-corrected chi connectivity index (χ1v) is 28.4. The quantitative estimate of drug-likeness (QED) is 0.0127. The number of nitrogen functional groups attached to an aromatic ring is 1. The molecule has 470 valence electrons. The molecule has 8 aromatic rings. The van der Waals surface area contributed by atoms with Gasteiger partial charge < -0.3 is 35.3 Å². The maximum absolute atomic E-state index is 12.7. The minimum atomic E-state index is -1.34. The second kappa shape index (κ2) is 35.2. The molecule has 25 heteroatoms. The lowest BCUT2D eigenvalue weighted by molar-refractivity contribution is -0.384. The van der Waals surface area contributed by atoms with Crippen molar-refractivity contribution in [3.63, 3.8) is 0 Å². The number of carbonyl (C=O) groups is 5. The monoisotopic (exact) mass is 1340 g/mol. The molecule has 0 spiro atoms. The smallest absolute Gasteiger partial charge is 0.444 e.